The average molecular weight is 182 g/mol. The summed E-state index contributed by atoms with van der Waals surface area (Å²) in [7, 11) is 1.70. The van der Waals surface area contributed by atoms with Gasteiger partial charge < -0.3 is 14.6 Å². The summed E-state index contributed by atoms with van der Waals surface area (Å²) < 4.78 is 7.07. The van der Waals surface area contributed by atoms with Gasteiger partial charge in [0, 0.05) is 32.7 Å². The fourth-order valence-corrected chi connectivity index (χ4v) is 1.41. The number of nitrogens with one attached hydrogen (secondary N) is 1. The maximum Gasteiger partial charge on any atom is 0.138 e. The lowest BCUT2D eigenvalue weighted by atomic mass is 10.0. The molecule has 2 rings (SSSR count). The predicted molar refractivity (Wildman–Crippen MR) is 47.5 cm³/mol. The minimum absolute atomic E-state index is 0.541. The first-order chi connectivity index (χ1) is 6.42. The number of hydrogen-bond acceptors (Lipinski definition) is 4. The Morgan fingerprint density at radius 2 is 2.54 bits per heavy atom. The van der Waals surface area contributed by atoms with Gasteiger partial charge in [-0.1, -0.05) is 0 Å². The van der Waals surface area contributed by atoms with Crippen molar-refractivity contribution in [1.82, 2.24) is 20.1 Å². The zero-order chi connectivity index (χ0) is 9.10. The Balaban J connectivity index is 2.02. The number of hydrogen-bond donors (Lipinski definition) is 1. The van der Waals surface area contributed by atoms with Crippen molar-refractivity contribution < 1.29 is 4.74 Å². The quantitative estimate of drug-likeness (QED) is 0.689. The van der Waals surface area contributed by atoms with Crippen LogP contribution >= 0.6 is 0 Å². The normalized spacial score (nSPS) is 17.3. The van der Waals surface area contributed by atoms with Crippen molar-refractivity contribution in [2.75, 3.05) is 26.8 Å². The lowest BCUT2D eigenvalue weighted by Crippen LogP contribution is -2.41. The highest BCUT2D eigenvalue weighted by Gasteiger charge is 2.23. The molecule has 1 aliphatic rings. The fraction of sp³-hybridized carbons (Fsp3) is 0.750. The monoisotopic (exact) mass is 182 g/mol. The molecule has 0 saturated carbocycles. The smallest absolute Gasteiger partial charge is 0.138 e. The molecule has 1 aliphatic heterocycles. The molecule has 5 heteroatoms. The zero-order valence-electron chi connectivity index (χ0n) is 7.73. The molecule has 0 aromatic carbocycles. The van der Waals surface area contributed by atoms with Crippen LogP contribution in [0.1, 0.15) is 11.7 Å². The summed E-state index contributed by atoms with van der Waals surface area (Å²) in [5.41, 5.74) is 0. The van der Waals surface area contributed by atoms with Gasteiger partial charge in [-0.15, -0.1) is 10.2 Å². The minimum atomic E-state index is 0.541. The number of nitrogens with zero attached hydrogens (tertiary/aromatic N) is 3. The Kier molecular flexibility index (Phi) is 2.56. The Bertz CT molecular complexity index is 269. The van der Waals surface area contributed by atoms with E-state index in [0.717, 1.165) is 25.5 Å². The molecular weight excluding hydrogens is 168 g/mol. The second-order valence-corrected chi connectivity index (χ2v) is 3.23. The van der Waals surface area contributed by atoms with Crippen molar-refractivity contribution >= 4 is 0 Å². The van der Waals surface area contributed by atoms with Crippen LogP contribution in [-0.4, -0.2) is 41.6 Å². The molecule has 0 spiro atoms. The van der Waals surface area contributed by atoms with Gasteiger partial charge >= 0.3 is 0 Å². The number of methoxy groups -OCH3 is 1. The molecule has 72 valence electrons. The Hall–Kier alpha value is -0.940. The van der Waals surface area contributed by atoms with E-state index in [9.17, 15) is 0 Å². The van der Waals surface area contributed by atoms with E-state index >= 15 is 0 Å². The van der Waals surface area contributed by atoms with E-state index in [-0.39, 0.29) is 0 Å². The van der Waals surface area contributed by atoms with Crippen molar-refractivity contribution in [1.29, 1.82) is 0 Å². The van der Waals surface area contributed by atoms with E-state index in [1.54, 1.807) is 13.4 Å². The maximum atomic E-state index is 5.01. The summed E-state index contributed by atoms with van der Waals surface area (Å²) >= 11 is 0. The summed E-state index contributed by atoms with van der Waals surface area (Å²) in [4.78, 5) is 0. The van der Waals surface area contributed by atoms with Gasteiger partial charge in [-0.2, -0.15) is 0 Å². The topological polar surface area (TPSA) is 52.0 Å². The number of aromatic nitrogens is 3. The van der Waals surface area contributed by atoms with Crippen LogP contribution in [0.3, 0.4) is 0 Å². The van der Waals surface area contributed by atoms with E-state index in [1.165, 1.54) is 0 Å². The molecule has 0 bridgehead atoms. The lowest BCUT2D eigenvalue weighted by molar-refractivity contribution is 0.185. The molecule has 0 aliphatic carbocycles. The Morgan fingerprint density at radius 1 is 1.69 bits per heavy atom. The fourth-order valence-electron chi connectivity index (χ4n) is 1.41. The summed E-state index contributed by atoms with van der Waals surface area (Å²) in [6.07, 6.45) is 1.77. The zero-order valence-corrected chi connectivity index (χ0v) is 7.73. The van der Waals surface area contributed by atoms with Crippen molar-refractivity contribution in [3.8, 4) is 0 Å². The first kappa shape index (κ1) is 8.65. The molecule has 13 heavy (non-hydrogen) atoms. The van der Waals surface area contributed by atoms with Crippen molar-refractivity contribution in [2.45, 2.75) is 12.5 Å². The van der Waals surface area contributed by atoms with Crippen molar-refractivity contribution in [2.24, 2.45) is 0 Å². The van der Waals surface area contributed by atoms with Crippen LogP contribution in [0.2, 0.25) is 0 Å². The molecule has 1 N–H and O–H groups in total. The molecule has 1 aromatic heterocycles. The third-order valence-electron chi connectivity index (χ3n) is 2.33. The molecule has 1 aromatic rings. The lowest BCUT2D eigenvalue weighted by Gasteiger charge is -2.26. The van der Waals surface area contributed by atoms with Crippen LogP contribution < -0.4 is 5.32 Å². The van der Waals surface area contributed by atoms with Crippen molar-refractivity contribution in [3.05, 3.63) is 12.2 Å². The standard InChI is InChI=1S/C8H14N4O/c1-13-3-2-12-6-10-11-8(12)7-4-9-5-7/h6-7,9H,2-5H2,1H3. The third-order valence-corrected chi connectivity index (χ3v) is 2.33. The second kappa shape index (κ2) is 3.85. The van der Waals surface area contributed by atoms with E-state index in [0.29, 0.717) is 12.5 Å². The first-order valence-electron chi connectivity index (χ1n) is 4.49. The van der Waals surface area contributed by atoms with Crippen molar-refractivity contribution in [3.63, 3.8) is 0 Å². The van der Waals surface area contributed by atoms with Crippen LogP contribution in [0.25, 0.3) is 0 Å². The summed E-state index contributed by atoms with van der Waals surface area (Å²) in [5.74, 6) is 1.62. The molecule has 0 radical (unpaired) electrons. The van der Waals surface area contributed by atoms with Crippen LogP contribution in [0.5, 0.6) is 0 Å². The van der Waals surface area contributed by atoms with Gasteiger partial charge in [-0.25, -0.2) is 0 Å². The van der Waals surface area contributed by atoms with Gasteiger partial charge in [0.1, 0.15) is 12.2 Å². The second-order valence-electron chi connectivity index (χ2n) is 3.23. The van der Waals surface area contributed by atoms with Crippen LogP contribution in [0.4, 0.5) is 0 Å². The summed E-state index contributed by atoms with van der Waals surface area (Å²) in [6, 6.07) is 0. The maximum absolute atomic E-state index is 5.01. The highest BCUT2D eigenvalue weighted by atomic mass is 16.5. The molecule has 2 heterocycles. The van der Waals surface area contributed by atoms with Gasteiger partial charge in [-0.3, -0.25) is 0 Å². The van der Waals surface area contributed by atoms with Gasteiger partial charge in [0.05, 0.1) is 6.61 Å². The highest BCUT2D eigenvalue weighted by Crippen LogP contribution is 2.16. The molecule has 0 amide bonds. The van der Waals surface area contributed by atoms with Crippen LogP contribution in [0, 0.1) is 0 Å². The molecule has 1 fully saturated rings. The molecule has 0 atom stereocenters. The van der Waals surface area contributed by atoms with Gasteiger partial charge in [0.2, 0.25) is 0 Å². The third kappa shape index (κ3) is 1.71. The van der Waals surface area contributed by atoms with E-state index < -0.39 is 0 Å². The van der Waals surface area contributed by atoms with Gasteiger partial charge in [0.15, 0.2) is 0 Å². The average Bonchev–Trinajstić information content (AvgIpc) is 2.46. The Labute approximate surface area is 77.1 Å². The summed E-state index contributed by atoms with van der Waals surface area (Å²) in [5, 5.41) is 11.2. The van der Waals surface area contributed by atoms with E-state index in [1.807, 2.05) is 0 Å². The van der Waals surface area contributed by atoms with Gasteiger partial charge in [0.25, 0.3) is 0 Å². The summed E-state index contributed by atoms with van der Waals surface area (Å²) in [6.45, 7) is 3.60. The van der Waals surface area contributed by atoms with Crippen LogP contribution in [0.15, 0.2) is 6.33 Å². The number of ether oxygens (including phenoxy) is 1. The molecular formula is C8H14N4O. The largest absolute Gasteiger partial charge is 0.383 e. The minimum Gasteiger partial charge on any atom is -0.383 e. The van der Waals surface area contributed by atoms with Gasteiger partial charge in [-0.05, 0) is 0 Å². The molecule has 5 nitrogen and oxygen atoms in total. The van der Waals surface area contributed by atoms with Crippen LogP contribution in [-0.2, 0) is 11.3 Å². The highest BCUT2D eigenvalue weighted by molar-refractivity contribution is 5.03. The Morgan fingerprint density at radius 3 is 3.15 bits per heavy atom. The molecule has 1 saturated heterocycles. The SMILES string of the molecule is COCCn1cnnc1C1CNC1. The number of rotatable bonds is 4. The molecule has 0 unspecified atom stereocenters. The first-order valence-corrected chi connectivity index (χ1v) is 4.49. The van der Waals surface area contributed by atoms with E-state index in [4.69, 9.17) is 4.74 Å². The van der Waals surface area contributed by atoms with E-state index in [2.05, 4.69) is 20.1 Å². The predicted octanol–water partition coefficient (Wildman–Crippen LogP) is -0.389.